The van der Waals surface area contributed by atoms with Crippen LogP contribution in [0.15, 0.2) is 0 Å². The number of carbonyl (C=O) groups is 5. The highest BCUT2D eigenvalue weighted by atomic mass is 32.2. The van der Waals surface area contributed by atoms with Crippen molar-refractivity contribution < 1.29 is 32.4 Å². The first-order chi connectivity index (χ1) is 24.3. The minimum atomic E-state index is -3.59. The summed E-state index contributed by atoms with van der Waals surface area (Å²) in [5, 5.41) is 11.1. The van der Waals surface area contributed by atoms with Gasteiger partial charge in [-0.15, -0.1) is 0 Å². The smallest absolute Gasteiger partial charge is 0.315 e. The van der Waals surface area contributed by atoms with Crippen LogP contribution in [-0.2, 0) is 29.2 Å². The molecule has 6 rings (SSSR count). The molecule has 4 N–H and O–H groups in total. The summed E-state index contributed by atoms with van der Waals surface area (Å²) in [5.74, 6) is -2.08. The quantitative estimate of drug-likeness (QED) is 0.291. The molecule has 0 bridgehead atoms. The summed E-state index contributed by atoms with van der Waals surface area (Å²) >= 11 is 0. The first-order valence-electron chi connectivity index (χ1n) is 19.8. The highest BCUT2D eigenvalue weighted by Crippen LogP contribution is 2.65. The van der Waals surface area contributed by atoms with Gasteiger partial charge < -0.3 is 26.2 Å². The number of sulfonamides is 1. The lowest BCUT2D eigenvalue weighted by Crippen LogP contribution is -2.64. The minimum Gasteiger partial charge on any atom is -0.347 e. The zero-order chi connectivity index (χ0) is 36.6. The molecule has 0 unspecified atom stereocenters. The summed E-state index contributed by atoms with van der Waals surface area (Å²) in [6, 6.07) is -3.23. The maximum absolute atomic E-state index is 14.5. The van der Waals surface area contributed by atoms with Gasteiger partial charge in [0.1, 0.15) is 12.1 Å². The van der Waals surface area contributed by atoms with Gasteiger partial charge >= 0.3 is 6.03 Å². The second kappa shape index (κ2) is 15.3. The molecule has 6 atom stereocenters. The van der Waals surface area contributed by atoms with Crippen molar-refractivity contribution in [3.8, 4) is 0 Å². The molecule has 286 valence electrons. The Balaban J connectivity index is 1.22. The van der Waals surface area contributed by atoms with E-state index in [1.807, 2.05) is 6.92 Å². The van der Waals surface area contributed by atoms with Crippen molar-refractivity contribution in [1.82, 2.24) is 30.5 Å². The molecule has 0 spiro atoms. The fourth-order valence-electron chi connectivity index (χ4n) is 9.77. The van der Waals surface area contributed by atoms with Crippen molar-refractivity contribution in [2.75, 3.05) is 19.6 Å². The van der Waals surface area contributed by atoms with Gasteiger partial charge in [0, 0.05) is 25.7 Å². The molecule has 3 saturated carbocycles. The van der Waals surface area contributed by atoms with Gasteiger partial charge in [-0.2, -0.15) is 0 Å². The molecule has 6 fully saturated rings. The molecule has 3 saturated heterocycles. The van der Waals surface area contributed by atoms with E-state index in [0.29, 0.717) is 58.2 Å². The molecule has 0 aromatic heterocycles. The molecule has 0 aromatic carbocycles. The average molecular weight is 733 g/mol. The summed E-state index contributed by atoms with van der Waals surface area (Å²) in [5.41, 5.74) is -1.09. The van der Waals surface area contributed by atoms with Gasteiger partial charge in [-0.1, -0.05) is 85.0 Å². The van der Waals surface area contributed by atoms with Crippen LogP contribution >= 0.6 is 0 Å². The number of piperidine rings is 1. The third-order valence-electron chi connectivity index (χ3n) is 13.1. The average Bonchev–Trinajstić information content (AvgIpc) is 3.88. The van der Waals surface area contributed by atoms with Crippen LogP contribution in [0.25, 0.3) is 0 Å². The zero-order valence-corrected chi connectivity index (χ0v) is 31.7. The van der Waals surface area contributed by atoms with Gasteiger partial charge in [0.25, 0.3) is 5.91 Å². The maximum atomic E-state index is 14.5. The van der Waals surface area contributed by atoms with Gasteiger partial charge in [0.15, 0.2) is 0 Å². The van der Waals surface area contributed by atoms with Gasteiger partial charge in [-0.25, -0.2) is 17.5 Å². The number of hydrogen-bond donors (Lipinski definition) is 4. The van der Waals surface area contributed by atoms with E-state index in [9.17, 15) is 32.4 Å². The van der Waals surface area contributed by atoms with Crippen molar-refractivity contribution in [3.05, 3.63) is 0 Å². The molecule has 14 heteroatoms. The topological polar surface area (TPSA) is 174 Å². The Labute approximate surface area is 303 Å². The predicted molar refractivity (Wildman–Crippen MR) is 192 cm³/mol. The van der Waals surface area contributed by atoms with Crippen LogP contribution in [-0.4, -0.2) is 102 Å². The number of nitrogens with one attached hydrogen (secondary N) is 4. The van der Waals surface area contributed by atoms with Crippen LogP contribution < -0.4 is 21.3 Å². The molecule has 51 heavy (non-hydrogen) atoms. The van der Waals surface area contributed by atoms with E-state index in [-0.39, 0.29) is 29.2 Å². The standard InChI is InChI=1S/C37H60N6O7S/c1-4-42-22-19-28(51(42,49)50)37(20-13-10-14-21-37)41-35(48)40-27-16-12-9-7-5-6-8-11-15-26(31(44)33(46)38-24-17-18-24)39-32(45)30-29-25(36(29,2)3)23-43(30)34(27)47/h24-30H,4-23H2,1-3H3,(H,38,46)(H,39,45)(H2,40,41,48)/t25-,26-,27-,28+,29-,30-/m0/s1. The lowest BCUT2D eigenvalue weighted by Gasteiger charge is -2.42. The maximum Gasteiger partial charge on any atom is 0.315 e. The highest BCUT2D eigenvalue weighted by molar-refractivity contribution is 7.90. The summed E-state index contributed by atoms with van der Waals surface area (Å²) in [7, 11) is -3.59. The van der Waals surface area contributed by atoms with Crippen molar-refractivity contribution in [3.63, 3.8) is 0 Å². The van der Waals surface area contributed by atoms with E-state index in [0.717, 1.165) is 70.6 Å². The molecular formula is C37H60N6O7S. The lowest BCUT2D eigenvalue weighted by atomic mass is 9.78. The molecule has 13 nitrogen and oxygen atoms in total. The Hall–Kier alpha value is -2.74. The molecular weight excluding hydrogens is 673 g/mol. The van der Waals surface area contributed by atoms with Gasteiger partial charge in [0.05, 0.1) is 16.8 Å². The molecule has 3 aliphatic carbocycles. The van der Waals surface area contributed by atoms with Crippen molar-refractivity contribution in [1.29, 1.82) is 0 Å². The summed E-state index contributed by atoms with van der Waals surface area (Å²) in [6.45, 7) is 7.20. The van der Waals surface area contributed by atoms with E-state index in [1.165, 1.54) is 4.31 Å². The second-order valence-corrected chi connectivity index (χ2v) is 18.9. The normalized spacial score (nSPS) is 34.1. The number of rotatable bonds is 7. The second-order valence-electron chi connectivity index (χ2n) is 16.8. The lowest BCUT2D eigenvalue weighted by molar-refractivity contribution is -0.144. The van der Waals surface area contributed by atoms with Crippen LogP contribution in [0, 0.1) is 17.3 Å². The molecule has 0 aromatic rings. The van der Waals surface area contributed by atoms with E-state index in [1.54, 1.807) is 4.90 Å². The molecule has 0 radical (unpaired) electrons. The van der Waals surface area contributed by atoms with Crippen molar-refractivity contribution in [2.45, 2.75) is 165 Å². The number of carbonyl (C=O) groups excluding carboxylic acids is 5. The van der Waals surface area contributed by atoms with Gasteiger partial charge in [-0.3, -0.25) is 19.2 Å². The Bertz CT molecular complexity index is 1460. The van der Waals surface area contributed by atoms with Gasteiger partial charge in [-0.05, 0) is 62.2 Å². The monoisotopic (exact) mass is 732 g/mol. The van der Waals surface area contributed by atoms with Crippen molar-refractivity contribution >= 4 is 39.6 Å². The SMILES string of the molecule is CCN1CC[C@H](C2(NC(=O)N[C@H]3CCCCCCCCC[C@@H](C(=O)C(=O)NC4CC4)NC(=O)[C@@H]4[C@@H]5[C@H](CN4C3=O)C5(C)C)CCCCC2)S1(=O)=O. The third kappa shape index (κ3) is 7.96. The number of hydrogen-bond acceptors (Lipinski definition) is 7. The third-order valence-corrected chi connectivity index (χ3v) is 15.6. The highest BCUT2D eigenvalue weighted by Gasteiger charge is 2.69. The van der Waals surface area contributed by atoms with E-state index >= 15 is 0 Å². The van der Waals surface area contributed by atoms with Crippen LogP contribution in [0.1, 0.15) is 130 Å². The van der Waals surface area contributed by atoms with Crippen LogP contribution in [0.3, 0.4) is 0 Å². The molecule has 3 aliphatic heterocycles. The zero-order valence-electron chi connectivity index (χ0n) is 30.8. The minimum absolute atomic E-state index is 0.0162. The van der Waals surface area contributed by atoms with E-state index in [4.69, 9.17) is 0 Å². The Morgan fingerprint density at radius 1 is 0.843 bits per heavy atom. The summed E-state index contributed by atoms with van der Waals surface area (Å²) in [4.78, 5) is 70.4. The number of Topliss-reactive ketones (excluding diaryl/α,β-unsaturated/α-hetero) is 1. The first-order valence-corrected chi connectivity index (χ1v) is 21.3. The first kappa shape index (κ1) is 38.0. The number of fused-ring (bicyclic) bond motifs is 3. The molecule has 5 amide bonds. The number of urea groups is 1. The van der Waals surface area contributed by atoms with E-state index < -0.39 is 62.6 Å². The van der Waals surface area contributed by atoms with Crippen LogP contribution in [0.4, 0.5) is 4.79 Å². The fourth-order valence-corrected chi connectivity index (χ4v) is 12.1. The number of amides is 5. The van der Waals surface area contributed by atoms with Crippen LogP contribution in [0.5, 0.6) is 0 Å². The largest absolute Gasteiger partial charge is 0.347 e. The molecule has 3 heterocycles. The Morgan fingerprint density at radius 2 is 1.47 bits per heavy atom. The molecule has 6 aliphatic rings. The summed E-state index contributed by atoms with van der Waals surface area (Å²) < 4.78 is 28.6. The predicted octanol–water partition coefficient (Wildman–Crippen LogP) is 3.12. The van der Waals surface area contributed by atoms with E-state index in [2.05, 4.69) is 35.1 Å². The Kier molecular flexibility index (Phi) is 11.4. The van der Waals surface area contributed by atoms with Crippen LogP contribution in [0.2, 0.25) is 0 Å². The Morgan fingerprint density at radius 3 is 2.10 bits per heavy atom. The number of nitrogens with zero attached hydrogens (tertiary/aromatic N) is 2. The fraction of sp³-hybridized carbons (Fsp3) is 0.865. The summed E-state index contributed by atoms with van der Waals surface area (Å²) in [6.07, 6.45) is 12.7. The number of ketones is 1. The van der Waals surface area contributed by atoms with Crippen molar-refractivity contribution in [2.24, 2.45) is 17.3 Å². The van der Waals surface area contributed by atoms with Gasteiger partial charge in [0.2, 0.25) is 27.6 Å².